The lowest BCUT2D eigenvalue weighted by Crippen LogP contribution is -2.32. The molecule has 3 heterocycles. The topological polar surface area (TPSA) is 103 Å². The molecule has 9 nitrogen and oxygen atoms in total. The lowest BCUT2D eigenvalue weighted by molar-refractivity contribution is -0.118. The molecule has 0 bridgehead atoms. The highest BCUT2D eigenvalue weighted by Gasteiger charge is 2.21. The number of carbonyl (C=O) groups excluding carboxylic acids is 2. The quantitative estimate of drug-likeness (QED) is 0.436. The lowest BCUT2D eigenvalue weighted by Gasteiger charge is -2.17. The second-order valence-corrected chi connectivity index (χ2v) is 6.54. The molecule has 0 radical (unpaired) electrons. The Hall–Kier alpha value is -4.01. The van der Waals surface area contributed by atoms with Crippen molar-refractivity contribution in [1.29, 1.82) is 0 Å². The summed E-state index contributed by atoms with van der Waals surface area (Å²) in [4.78, 5) is 37.9. The van der Waals surface area contributed by atoms with Crippen molar-refractivity contribution in [1.82, 2.24) is 19.5 Å². The molecule has 0 atom stereocenters. The van der Waals surface area contributed by atoms with Gasteiger partial charge in [0.15, 0.2) is 11.4 Å². The van der Waals surface area contributed by atoms with Crippen LogP contribution in [0.25, 0.3) is 22.6 Å². The molecule has 1 amide bonds. The maximum atomic E-state index is 12.1. The van der Waals surface area contributed by atoms with E-state index in [1.807, 2.05) is 28.8 Å². The summed E-state index contributed by atoms with van der Waals surface area (Å²) in [5.74, 6) is 1.04. The molecule has 0 fully saturated rings. The number of methoxy groups -OCH3 is 1. The Bertz CT molecular complexity index is 1180. The molecule has 4 rings (SSSR count). The van der Waals surface area contributed by atoms with E-state index >= 15 is 0 Å². The number of aldehydes is 1. The molecule has 30 heavy (non-hydrogen) atoms. The molecular weight excluding hydrogens is 386 g/mol. The van der Waals surface area contributed by atoms with Crippen LogP contribution in [0.3, 0.4) is 0 Å². The standard InChI is InChI=1S/C21H19N5O4/c1-14(28)26(9-10-27)21-23-18(17-4-3-11-30-17)19-20(24-21)25(13-22-19)12-15-5-7-16(29-2)8-6-15/h3-8,10-11,13H,9,12H2,1-2H3. The van der Waals surface area contributed by atoms with Crippen molar-refractivity contribution >= 4 is 29.3 Å². The number of imidazole rings is 1. The molecule has 0 unspecified atom stereocenters. The van der Waals surface area contributed by atoms with Crippen molar-refractivity contribution in [2.45, 2.75) is 13.5 Å². The fourth-order valence-corrected chi connectivity index (χ4v) is 3.11. The number of nitrogens with zero attached hydrogens (tertiary/aromatic N) is 5. The number of ether oxygens (including phenoxy) is 1. The van der Waals surface area contributed by atoms with Crippen molar-refractivity contribution in [3.63, 3.8) is 0 Å². The van der Waals surface area contributed by atoms with Crippen molar-refractivity contribution in [3.8, 4) is 17.2 Å². The Morgan fingerprint density at radius 3 is 2.67 bits per heavy atom. The first-order valence-corrected chi connectivity index (χ1v) is 9.22. The third kappa shape index (κ3) is 3.64. The van der Waals surface area contributed by atoms with Crippen LogP contribution in [0.1, 0.15) is 12.5 Å². The van der Waals surface area contributed by atoms with Gasteiger partial charge < -0.3 is 18.5 Å². The molecule has 0 saturated carbocycles. The molecule has 9 heteroatoms. The molecule has 0 aliphatic heterocycles. The molecular formula is C21H19N5O4. The third-order valence-corrected chi connectivity index (χ3v) is 4.60. The minimum Gasteiger partial charge on any atom is -0.497 e. The second kappa shape index (κ2) is 8.16. The highest BCUT2D eigenvalue weighted by Crippen LogP contribution is 2.28. The molecule has 152 valence electrons. The Morgan fingerprint density at radius 2 is 2.03 bits per heavy atom. The van der Waals surface area contributed by atoms with Gasteiger partial charge in [-0.15, -0.1) is 0 Å². The smallest absolute Gasteiger partial charge is 0.235 e. The van der Waals surface area contributed by atoms with Crippen LogP contribution in [0.2, 0.25) is 0 Å². The van der Waals surface area contributed by atoms with E-state index < -0.39 is 0 Å². The van der Waals surface area contributed by atoms with Crippen LogP contribution < -0.4 is 9.64 Å². The number of fused-ring (bicyclic) bond motifs is 1. The van der Waals surface area contributed by atoms with Gasteiger partial charge >= 0.3 is 0 Å². The van der Waals surface area contributed by atoms with E-state index in [0.717, 1.165) is 11.3 Å². The summed E-state index contributed by atoms with van der Waals surface area (Å²) in [5, 5.41) is 0. The van der Waals surface area contributed by atoms with Gasteiger partial charge in [0, 0.05) is 6.92 Å². The first-order valence-electron chi connectivity index (χ1n) is 9.22. The van der Waals surface area contributed by atoms with Gasteiger partial charge in [-0.25, -0.2) is 9.97 Å². The van der Waals surface area contributed by atoms with Crippen LogP contribution in [-0.4, -0.2) is 45.4 Å². The van der Waals surface area contributed by atoms with Crippen LogP contribution in [0, 0.1) is 0 Å². The number of benzene rings is 1. The highest BCUT2D eigenvalue weighted by molar-refractivity contribution is 5.94. The molecule has 0 N–H and O–H groups in total. The van der Waals surface area contributed by atoms with E-state index in [1.165, 1.54) is 18.1 Å². The molecule has 0 saturated heterocycles. The number of hydrogen-bond acceptors (Lipinski definition) is 7. The van der Waals surface area contributed by atoms with Crippen molar-refractivity contribution < 1.29 is 18.7 Å². The van der Waals surface area contributed by atoms with E-state index in [2.05, 4.69) is 15.0 Å². The van der Waals surface area contributed by atoms with Crippen molar-refractivity contribution in [2.24, 2.45) is 0 Å². The number of rotatable bonds is 7. The van der Waals surface area contributed by atoms with Crippen LogP contribution >= 0.6 is 0 Å². The van der Waals surface area contributed by atoms with Crippen molar-refractivity contribution in [2.75, 3.05) is 18.6 Å². The predicted molar refractivity (Wildman–Crippen MR) is 109 cm³/mol. The van der Waals surface area contributed by atoms with Crippen LogP contribution in [-0.2, 0) is 16.1 Å². The monoisotopic (exact) mass is 405 g/mol. The van der Waals surface area contributed by atoms with Crippen LogP contribution in [0.15, 0.2) is 53.4 Å². The summed E-state index contributed by atoms with van der Waals surface area (Å²) >= 11 is 0. The number of amides is 1. The molecule has 0 aliphatic carbocycles. The van der Waals surface area contributed by atoms with Gasteiger partial charge in [0.2, 0.25) is 11.9 Å². The average molecular weight is 405 g/mol. The lowest BCUT2D eigenvalue weighted by atomic mass is 10.2. The molecule has 3 aromatic heterocycles. The zero-order valence-electron chi connectivity index (χ0n) is 16.5. The van der Waals surface area contributed by atoms with Gasteiger partial charge in [0.1, 0.15) is 23.2 Å². The fraction of sp³-hybridized carbons (Fsp3) is 0.190. The third-order valence-electron chi connectivity index (χ3n) is 4.60. The molecule has 1 aromatic carbocycles. The Balaban J connectivity index is 1.84. The Morgan fingerprint density at radius 1 is 1.23 bits per heavy atom. The summed E-state index contributed by atoms with van der Waals surface area (Å²) in [6.45, 7) is 1.71. The van der Waals surface area contributed by atoms with Gasteiger partial charge in [0.05, 0.1) is 32.8 Å². The van der Waals surface area contributed by atoms with E-state index in [4.69, 9.17) is 9.15 Å². The number of aromatic nitrogens is 4. The maximum absolute atomic E-state index is 12.1. The first-order chi connectivity index (χ1) is 14.6. The van der Waals surface area contributed by atoms with E-state index in [-0.39, 0.29) is 18.4 Å². The van der Waals surface area contributed by atoms with Gasteiger partial charge in [-0.05, 0) is 29.8 Å². The number of carbonyl (C=O) groups is 2. The van der Waals surface area contributed by atoms with Crippen LogP contribution in [0.4, 0.5) is 5.95 Å². The normalized spacial score (nSPS) is 10.9. The fourth-order valence-electron chi connectivity index (χ4n) is 3.11. The maximum Gasteiger partial charge on any atom is 0.235 e. The minimum atomic E-state index is -0.340. The summed E-state index contributed by atoms with van der Waals surface area (Å²) in [6, 6.07) is 11.2. The number of hydrogen-bond donors (Lipinski definition) is 0. The number of anilines is 1. The van der Waals surface area contributed by atoms with Crippen LogP contribution in [0.5, 0.6) is 5.75 Å². The zero-order valence-corrected chi connectivity index (χ0v) is 16.5. The number of furan rings is 1. The van der Waals surface area contributed by atoms with Gasteiger partial charge in [0.25, 0.3) is 0 Å². The zero-order chi connectivity index (χ0) is 21.1. The first kappa shape index (κ1) is 19.3. The van der Waals surface area contributed by atoms with Gasteiger partial charge in [-0.1, -0.05) is 12.1 Å². The van der Waals surface area contributed by atoms with Gasteiger partial charge in [-0.2, -0.15) is 4.98 Å². The van der Waals surface area contributed by atoms with E-state index in [9.17, 15) is 9.59 Å². The van der Waals surface area contributed by atoms with Gasteiger partial charge in [-0.3, -0.25) is 9.69 Å². The van der Waals surface area contributed by atoms with Crippen molar-refractivity contribution in [3.05, 3.63) is 54.6 Å². The summed E-state index contributed by atoms with van der Waals surface area (Å²) in [7, 11) is 1.62. The molecule has 0 aliphatic rings. The molecule has 0 spiro atoms. The van der Waals surface area contributed by atoms with E-state index in [0.29, 0.717) is 35.4 Å². The largest absolute Gasteiger partial charge is 0.497 e. The Kier molecular flexibility index (Phi) is 5.25. The highest BCUT2D eigenvalue weighted by atomic mass is 16.5. The summed E-state index contributed by atoms with van der Waals surface area (Å²) < 4.78 is 12.6. The van der Waals surface area contributed by atoms with E-state index in [1.54, 1.807) is 25.6 Å². The minimum absolute atomic E-state index is 0.116. The second-order valence-electron chi connectivity index (χ2n) is 6.54. The summed E-state index contributed by atoms with van der Waals surface area (Å²) in [6.07, 6.45) is 3.83. The summed E-state index contributed by atoms with van der Waals surface area (Å²) in [5.41, 5.74) is 2.54. The SMILES string of the molecule is COc1ccc(Cn2cnc3c(-c4ccco4)nc(N(CC=O)C(C)=O)nc32)cc1. The molecule has 4 aromatic rings. The Labute approximate surface area is 171 Å². The predicted octanol–water partition coefficient (Wildman–Crippen LogP) is 2.70. The average Bonchev–Trinajstić information content (AvgIpc) is 3.42.